The van der Waals surface area contributed by atoms with Crippen molar-refractivity contribution in [3.63, 3.8) is 0 Å². The summed E-state index contributed by atoms with van der Waals surface area (Å²) in [6.07, 6.45) is 0.146. The van der Waals surface area contributed by atoms with Crippen molar-refractivity contribution in [1.29, 1.82) is 0 Å². The zero-order valence-electron chi connectivity index (χ0n) is 13.9. The maximum atomic E-state index is 12.0. The van der Waals surface area contributed by atoms with Crippen molar-refractivity contribution >= 4 is 5.91 Å². The molecule has 0 saturated carbocycles. The van der Waals surface area contributed by atoms with Crippen LogP contribution in [0, 0.1) is 20.8 Å². The molecule has 0 aliphatic carbocycles. The highest BCUT2D eigenvalue weighted by molar-refractivity contribution is 5.78. The van der Waals surface area contributed by atoms with E-state index >= 15 is 0 Å². The zero-order valence-corrected chi connectivity index (χ0v) is 13.9. The van der Waals surface area contributed by atoms with Crippen LogP contribution in [0.3, 0.4) is 0 Å². The molecule has 5 heteroatoms. The number of aliphatic hydroxyl groups is 1. The lowest BCUT2D eigenvalue weighted by atomic mass is 9.96. The molecule has 0 spiro atoms. The normalized spacial score (nSPS) is 13.6. The number of phenolic OH excluding ortho intramolecular Hbond substituents is 1. The van der Waals surface area contributed by atoms with Crippen molar-refractivity contribution in [3.05, 3.63) is 52.5 Å². The first-order valence-corrected chi connectivity index (χ1v) is 7.54. The topological polar surface area (TPSA) is 82.7 Å². The minimum Gasteiger partial charge on any atom is -0.508 e. The molecule has 0 radical (unpaired) electrons. The zero-order chi connectivity index (χ0) is 17.2. The fraction of sp³-hybridized carbons (Fsp3) is 0.389. The van der Waals surface area contributed by atoms with Crippen molar-refractivity contribution in [1.82, 2.24) is 5.32 Å². The summed E-state index contributed by atoms with van der Waals surface area (Å²) in [5.74, 6) is 1.32. The molecule has 2 rings (SSSR count). The van der Waals surface area contributed by atoms with Gasteiger partial charge < -0.3 is 19.9 Å². The minimum absolute atomic E-state index is 0.0868. The lowest BCUT2D eigenvalue weighted by Gasteiger charge is -2.23. The van der Waals surface area contributed by atoms with Gasteiger partial charge in [0.05, 0.1) is 13.0 Å². The Kier molecular flexibility index (Phi) is 4.80. The van der Waals surface area contributed by atoms with Crippen LogP contribution < -0.4 is 5.32 Å². The molecule has 5 nitrogen and oxygen atoms in total. The van der Waals surface area contributed by atoms with Crippen LogP contribution in [0.25, 0.3) is 0 Å². The molecule has 124 valence electrons. The molecule has 0 aliphatic rings. The number of hydrogen-bond acceptors (Lipinski definition) is 4. The summed E-state index contributed by atoms with van der Waals surface area (Å²) in [5.41, 5.74) is 0.958. The first kappa shape index (κ1) is 17.1. The van der Waals surface area contributed by atoms with E-state index in [4.69, 9.17) is 4.42 Å². The fourth-order valence-corrected chi connectivity index (χ4v) is 2.54. The fourth-order valence-electron chi connectivity index (χ4n) is 2.54. The molecule has 1 amide bonds. The number of benzene rings is 1. The van der Waals surface area contributed by atoms with E-state index in [1.807, 2.05) is 6.92 Å². The van der Waals surface area contributed by atoms with Crippen LogP contribution >= 0.6 is 0 Å². The molecule has 1 unspecified atom stereocenters. The van der Waals surface area contributed by atoms with Gasteiger partial charge in [-0.1, -0.05) is 12.1 Å². The van der Waals surface area contributed by atoms with E-state index < -0.39 is 5.60 Å². The third-order valence-corrected chi connectivity index (χ3v) is 3.89. The predicted octanol–water partition coefficient (Wildman–Crippen LogP) is 2.48. The Bertz CT molecular complexity index is 716. The van der Waals surface area contributed by atoms with Gasteiger partial charge in [-0.05, 0) is 51.0 Å². The quantitative estimate of drug-likeness (QED) is 0.791. The molecule has 1 heterocycles. The van der Waals surface area contributed by atoms with Crippen LogP contribution in [0.2, 0.25) is 0 Å². The van der Waals surface area contributed by atoms with Crippen molar-refractivity contribution in [3.8, 4) is 5.75 Å². The largest absolute Gasteiger partial charge is 0.508 e. The summed E-state index contributed by atoms with van der Waals surface area (Å²) in [7, 11) is 0. The highest BCUT2D eigenvalue weighted by atomic mass is 16.3. The second-order valence-electron chi connectivity index (χ2n) is 6.18. The van der Waals surface area contributed by atoms with Gasteiger partial charge >= 0.3 is 0 Å². The van der Waals surface area contributed by atoms with Crippen LogP contribution in [0.4, 0.5) is 0 Å². The number of carbonyl (C=O) groups is 1. The average molecular weight is 317 g/mol. The van der Waals surface area contributed by atoms with Crippen LogP contribution in [0.15, 0.2) is 28.7 Å². The third kappa shape index (κ3) is 4.13. The second-order valence-corrected chi connectivity index (χ2v) is 6.18. The SMILES string of the molecule is Cc1cc(C(C)(O)CNC(=O)Cc2ccc(C)c(O)c2)c(C)o1. The lowest BCUT2D eigenvalue weighted by molar-refractivity contribution is -0.121. The molecule has 23 heavy (non-hydrogen) atoms. The van der Waals surface area contributed by atoms with Crippen LogP contribution in [-0.4, -0.2) is 22.7 Å². The van der Waals surface area contributed by atoms with Gasteiger partial charge in [-0.15, -0.1) is 0 Å². The Morgan fingerprint density at radius 1 is 1.26 bits per heavy atom. The van der Waals surface area contributed by atoms with E-state index in [2.05, 4.69) is 5.32 Å². The maximum absolute atomic E-state index is 12.0. The smallest absolute Gasteiger partial charge is 0.224 e. The van der Waals surface area contributed by atoms with Gasteiger partial charge in [-0.3, -0.25) is 4.79 Å². The molecule has 1 atom stereocenters. The Morgan fingerprint density at radius 3 is 2.52 bits per heavy atom. The van der Waals surface area contributed by atoms with Crippen molar-refractivity contribution < 1.29 is 19.4 Å². The van der Waals surface area contributed by atoms with E-state index in [1.54, 1.807) is 45.0 Å². The van der Waals surface area contributed by atoms with E-state index in [0.29, 0.717) is 11.3 Å². The monoisotopic (exact) mass is 317 g/mol. The standard InChI is InChI=1S/C18H23NO4/c1-11-5-6-14(8-16(11)20)9-17(21)19-10-18(4,22)15-7-12(2)23-13(15)3/h5-8,20,22H,9-10H2,1-4H3,(H,19,21). The van der Waals surface area contributed by atoms with Crippen LogP contribution in [0.1, 0.15) is 35.1 Å². The van der Waals surface area contributed by atoms with Gasteiger partial charge in [0, 0.05) is 5.56 Å². The average Bonchev–Trinajstić information content (AvgIpc) is 2.81. The molecular formula is C18H23NO4. The molecule has 2 aromatic rings. The summed E-state index contributed by atoms with van der Waals surface area (Å²) in [4.78, 5) is 12.0. The second kappa shape index (κ2) is 6.46. The number of aromatic hydroxyl groups is 1. The number of rotatable bonds is 5. The van der Waals surface area contributed by atoms with Crippen LogP contribution in [-0.2, 0) is 16.8 Å². The summed E-state index contributed by atoms with van der Waals surface area (Å²) in [6, 6.07) is 6.93. The van der Waals surface area contributed by atoms with Gasteiger partial charge in [0.15, 0.2) is 0 Å². The van der Waals surface area contributed by atoms with Gasteiger partial charge in [-0.2, -0.15) is 0 Å². The van der Waals surface area contributed by atoms with Gasteiger partial charge in [0.2, 0.25) is 5.91 Å². The molecule has 0 fully saturated rings. The summed E-state index contributed by atoms with van der Waals surface area (Å²) >= 11 is 0. The number of furan rings is 1. The van der Waals surface area contributed by atoms with Gasteiger partial charge in [0.1, 0.15) is 22.9 Å². The lowest BCUT2D eigenvalue weighted by Crippen LogP contribution is -2.39. The van der Waals surface area contributed by atoms with E-state index in [1.165, 1.54) is 0 Å². The third-order valence-electron chi connectivity index (χ3n) is 3.89. The first-order valence-electron chi connectivity index (χ1n) is 7.54. The molecular weight excluding hydrogens is 294 g/mol. The Balaban J connectivity index is 1.98. The predicted molar refractivity (Wildman–Crippen MR) is 87.3 cm³/mol. The number of amides is 1. The number of hydrogen-bond donors (Lipinski definition) is 3. The van der Waals surface area contributed by atoms with Crippen molar-refractivity contribution in [2.75, 3.05) is 6.54 Å². The highest BCUT2D eigenvalue weighted by Gasteiger charge is 2.28. The maximum Gasteiger partial charge on any atom is 0.224 e. The van der Waals surface area contributed by atoms with Crippen LogP contribution in [0.5, 0.6) is 5.75 Å². The van der Waals surface area contributed by atoms with E-state index in [-0.39, 0.29) is 24.6 Å². The van der Waals surface area contributed by atoms with Crippen molar-refractivity contribution in [2.45, 2.75) is 39.7 Å². The van der Waals surface area contributed by atoms with Gasteiger partial charge in [-0.25, -0.2) is 0 Å². The van der Waals surface area contributed by atoms with Gasteiger partial charge in [0.25, 0.3) is 0 Å². The first-order chi connectivity index (χ1) is 10.7. The number of carbonyl (C=O) groups excluding carboxylic acids is 1. The molecule has 0 aliphatic heterocycles. The summed E-state index contributed by atoms with van der Waals surface area (Å²) in [5, 5.41) is 23.0. The molecule has 1 aromatic heterocycles. The molecule has 0 bridgehead atoms. The highest BCUT2D eigenvalue weighted by Crippen LogP contribution is 2.26. The Morgan fingerprint density at radius 2 is 1.96 bits per heavy atom. The molecule has 1 aromatic carbocycles. The van der Waals surface area contributed by atoms with Crippen molar-refractivity contribution in [2.24, 2.45) is 0 Å². The minimum atomic E-state index is -1.20. The molecule has 0 saturated heterocycles. The summed E-state index contributed by atoms with van der Waals surface area (Å²) in [6.45, 7) is 7.13. The number of phenols is 1. The number of nitrogens with one attached hydrogen (secondary N) is 1. The summed E-state index contributed by atoms with van der Waals surface area (Å²) < 4.78 is 5.43. The molecule has 3 N–H and O–H groups in total. The van der Waals surface area contributed by atoms with E-state index in [0.717, 1.165) is 16.9 Å². The number of aryl methyl sites for hydroxylation is 3. The Labute approximate surface area is 136 Å². The van der Waals surface area contributed by atoms with E-state index in [9.17, 15) is 15.0 Å². The Hall–Kier alpha value is -2.27.